The Morgan fingerprint density at radius 3 is 1.54 bits per heavy atom. The lowest BCUT2D eigenvalue weighted by Gasteiger charge is -2.08. The molecule has 2 heterocycles. The van der Waals surface area contributed by atoms with E-state index in [0.717, 1.165) is 59.1 Å². The van der Waals surface area contributed by atoms with Crippen LogP contribution in [0.5, 0.6) is 0 Å². The molecule has 2 rings (SSSR count). The molecule has 0 bridgehead atoms. The third kappa shape index (κ3) is 15.9. The van der Waals surface area contributed by atoms with Gasteiger partial charge in [-0.1, -0.05) is 0 Å². The van der Waals surface area contributed by atoms with Gasteiger partial charge in [0.25, 0.3) is 0 Å². The molecule has 0 aromatic carbocycles. The molecule has 0 radical (unpaired) electrons. The average Bonchev–Trinajstić information content (AvgIpc) is 3.56. The molecule has 2 aromatic rings. The summed E-state index contributed by atoms with van der Waals surface area (Å²) in [7, 11) is 8.05. The van der Waals surface area contributed by atoms with Gasteiger partial charge in [0.1, 0.15) is 23.0 Å². The van der Waals surface area contributed by atoms with Crippen LogP contribution < -0.4 is 21.3 Å². The van der Waals surface area contributed by atoms with Crippen molar-refractivity contribution in [1.29, 1.82) is 10.5 Å². The predicted octanol–water partition coefficient (Wildman–Crippen LogP) is 2.59. The molecule has 4 N–H and O–H groups in total. The van der Waals surface area contributed by atoms with Gasteiger partial charge in [-0.15, -0.1) is 0 Å². The van der Waals surface area contributed by atoms with Crippen molar-refractivity contribution in [2.24, 2.45) is 9.98 Å². The zero-order valence-corrected chi connectivity index (χ0v) is 26.0. The van der Waals surface area contributed by atoms with E-state index in [9.17, 15) is 0 Å². The number of rotatable bonds is 18. The second kappa shape index (κ2) is 20.6. The van der Waals surface area contributed by atoms with E-state index in [1.807, 2.05) is 64.8 Å². The number of thioether (sulfide) groups is 2. The Kier molecular flexibility index (Phi) is 17.0. The fraction of sp³-hybridized carbons (Fsp3) is 0.556. The van der Waals surface area contributed by atoms with E-state index in [1.165, 1.54) is 0 Å². The van der Waals surface area contributed by atoms with Gasteiger partial charge in [0, 0.05) is 37.7 Å². The van der Waals surface area contributed by atoms with Gasteiger partial charge in [-0.05, 0) is 58.9 Å². The van der Waals surface area contributed by atoms with Crippen LogP contribution in [0.1, 0.15) is 29.5 Å². The van der Waals surface area contributed by atoms with Crippen LogP contribution in [0.3, 0.4) is 0 Å². The van der Waals surface area contributed by atoms with Crippen molar-refractivity contribution in [2.75, 3.05) is 65.9 Å². The number of aliphatic imine (C=N–C) groups is 2. The summed E-state index contributed by atoms with van der Waals surface area (Å²) in [5, 5.41) is 29.6. The van der Waals surface area contributed by atoms with Crippen LogP contribution >= 0.6 is 23.5 Å². The van der Waals surface area contributed by atoms with Crippen molar-refractivity contribution in [1.82, 2.24) is 31.1 Å². The number of hydrogen-bond donors (Lipinski definition) is 4. The van der Waals surface area contributed by atoms with Crippen molar-refractivity contribution in [3.8, 4) is 12.4 Å². The largest absolute Gasteiger partial charge is 0.464 e. The Morgan fingerprint density at radius 1 is 0.732 bits per heavy atom. The van der Waals surface area contributed by atoms with Crippen LogP contribution in [-0.2, 0) is 24.6 Å². The van der Waals surface area contributed by atoms with Gasteiger partial charge in [0.2, 0.25) is 11.9 Å². The smallest absolute Gasteiger partial charge is 0.204 e. The fourth-order valence-corrected chi connectivity index (χ4v) is 4.95. The maximum Gasteiger partial charge on any atom is 0.204 e. The predicted molar refractivity (Wildman–Crippen MR) is 167 cm³/mol. The SMILES string of the molecule is CN(C)Cc1ccc(CSCCNC(=NCCCN=C(NC#N)NCCSCc2ccc(CN(C)C)o2)NC#N)o1. The molecule has 0 atom stereocenters. The van der Waals surface area contributed by atoms with Crippen LogP contribution in [0.2, 0.25) is 0 Å². The highest BCUT2D eigenvalue weighted by atomic mass is 32.2. The molecule has 0 amide bonds. The summed E-state index contributed by atoms with van der Waals surface area (Å²) in [6.07, 6.45) is 4.51. The van der Waals surface area contributed by atoms with Crippen molar-refractivity contribution < 1.29 is 8.83 Å². The van der Waals surface area contributed by atoms with Gasteiger partial charge in [0.05, 0.1) is 24.6 Å². The van der Waals surface area contributed by atoms with Gasteiger partial charge >= 0.3 is 0 Å². The molecule has 0 aliphatic heterocycles. The second-order valence-corrected chi connectivity index (χ2v) is 11.7. The summed E-state index contributed by atoms with van der Waals surface area (Å²) in [4.78, 5) is 13.0. The fourth-order valence-electron chi connectivity index (χ4n) is 3.46. The number of guanidine groups is 2. The molecule has 41 heavy (non-hydrogen) atoms. The van der Waals surface area contributed by atoms with Gasteiger partial charge in [0.15, 0.2) is 12.4 Å². The molecule has 0 aliphatic carbocycles. The monoisotopic (exact) mass is 602 g/mol. The van der Waals surface area contributed by atoms with Crippen LogP contribution in [0.15, 0.2) is 43.1 Å². The molecule has 2 aromatic heterocycles. The first-order valence-corrected chi connectivity index (χ1v) is 15.7. The first-order valence-electron chi connectivity index (χ1n) is 13.4. The van der Waals surface area contributed by atoms with E-state index in [-0.39, 0.29) is 0 Å². The molecule has 14 heteroatoms. The van der Waals surface area contributed by atoms with Crippen molar-refractivity contribution >= 4 is 35.4 Å². The quantitative estimate of drug-likeness (QED) is 0.0652. The Bertz CT molecular complexity index is 1060. The van der Waals surface area contributed by atoms with Gasteiger partial charge in [-0.2, -0.15) is 34.0 Å². The van der Waals surface area contributed by atoms with Gasteiger partial charge < -0.3 is 29.3 Å². The third-order valence-electron chi connectivity index (χ3n) is 5.15. The van der Waals surface area contributed by atoms with Crippen molar-refractivity contribution in [2.45, 2.75) is 31.0 Å². The maximum atomic E-state index is 9.02. The standard InChI is InChI=1S/C27H42N10O2S2/c1-36(2)16-22-6-8-24(38-22)18-40-14-12-32-26(34-20-28)30-10-5-11-31-27(35-21-29)33-13-15-41-19-25-9-7-23(39-25)17-37(3)4/h6-9H,5,10-19H2,1-4H3,(H2,30,32,34)(H2,31,33,35). The highest BCUT2D eigenvalue weighted by molar-refractivity contribution is 7.98. The van der Waals surface area contributed by atoms with Crippen LogP contribution in [0.4, 0.5) is 0 Å². The highest BCUT2D eigenvalue weighted by Crippen LogP contribution is 2.17. The Hall–Kier alpha value is -3.30. The van der Waals surface area contributed by atoms with E-state index >= 15 is 0 Å². The first-order chi connectivity index (χ1) is 19.9. The van der Waals surface area contributed by atoms with E-state index in [1.54, 1.807) is 23.5 Å². The second-order valence-electron chi connectivity index (χ2n) is 9.46. The Morgan fingerprint density at radius 2 is 1.15 bits per heavy atom. The topological polar surface area (TPSA) is 153 Å². The molecular weight excluding hydrogens is 560 g/mol. The first kappa shape index (κ1) is 33.9. The summed E-state index contributed by atoms with van der Waals surface area (Å²) in [5.74, 6) is 7.98. The number of nitriles is 2. The molecular formula is C27H42N10O2S2. The van der Waals surface area contributed by atoms with E-state index in [2.05, 4.69) is 41.1 Å². The summed E-state index contributed by atoms with van der Waals surface area (Å²) in [5.41, 5.74) is 0. The summed E-state index contributed by atoms with van der Waals surface area (Å²) in [6.45, 7) is 3.88. The minimum Gasteiger partial charge on any atom is -0.464 e. The number of nitrogens with zero attached hydrogens (tertiary/aromatic N) is 6. The average molecular weight is 603 g/mol. The maximum absolute atomic E-state index is 9.02. The summed E-state index contributed by atoms with van der Waals surface area (Å²) in [6, 6.07) is 8.06. The number of hydrogen-bond acceptors (Lipinski definition) is 10. The molecule has 224 valence electrons. The zero-order valence-electron chi connectivity index (χ0n) is 24.4. The lowest BCUT2D eigenvalue weighted by molar-refractivity contribution is 0.344. The normalized spacial score (nSPS) is 11.9. The molecule has 12 nitrogen and oxygen atoms in total. The number of furan rings is 2. The van der Waals surface area contributed by atoms with Gasteiger partial charge in [-0.25, -0.2) is 0 Å². The van der Waals surface area contributed by atoms with Gasteiger partial charge in [-0.3, -0.25) is 20.6 Å². The molecule has 0 unspecified atom stereocenters. The van der Waals surface area contributed by atoms with E-state index in [4.69, 9.17) is 19.4 Å². The summed E-state index contributed by atoms with van der Waals surface area (Å²) < 4.78 is 11.6. The molecule has 0 spiro atoms. The highest BCUT2D eigenvalue weighted by Gasteiger charge is 2.05. The zero-order chi connectivity index (χ0) is 29.7. The van der Waals surface area contributed by atoms with E-state index in [0.29, 0.717) is 44.5 Å². The van der Waals surface area contributed by atoms with Crippen molar-refractivity contribution in [3.63, 3.8) is 0 Å². The lowest BCUT2D eigenvalue weighted by atomic mass is 10.4. The Balaban J connectivity index is 1.61. The van der Waals surface area contributed by atoms with Crippen molar-refractivity contribution in [3.05, 3.63) is 47.3 Å². The Labute approximate surface area is 252 Å². The number of nitrogens with one attached hydrogen (secondary N) is 4. The third-order valence-corrected chi connectivity index (χ3v) is 7.11. The molecule has 0 saturated heterocycles. The molecule has 0 fully saturated rings. The lowest BCUT2D eigenvalue weighted by Crippen LogP contribution is -2.36. The van der Waals surface area contributed by atoms with Crippen LogP contribution in [0, 0.1) is 22.9 Å². The minimum atomic E-state index is 0.444. The summed E-state index contributed by atoms with van der Waals surface area (Å²) >= 11 is 3.50. The molecule has 0 saturated carbocycles. The minimum absolute atomic E-state index is 0.444. The van der Waals surface area contributed by atoms with Crippen LogP contribution in [0.25, 0.3) is 0 Å². The van der Waals surface area contributed by atoms with Crippen LogP contribution in [-0.4, -0.2) is 87.6 Å². The van der Waals surface area contributed by atoms with E-state index < -0.39 is 0 Å². The molecule has 0 aliphatic rings.